The second-order valence-corrected chi connectivity index (χ2v) is 6.94. The van der Waals surface area contributed by atoms with Crippen LogP contribution in [0.5, 0.6) is 0 Å². The molecule has 3 heteroatoms. The summed E-state index contributed by atoms with van der Waals surface area (Å²) in [5.74, 6) is 0. The molecule has 2 aromatic rings. The molecule has 2 heterocycles. The third kappa shape index (κ3) is 3.18. The van der Waals surface area contributed by atoms with Crippen molar-refractivity contribution in [3.05, 3.63) is 44.3 Å². The zero-order chi connectivity index (χ0) is 12.3. The van der Waals surface area contributed by atoms with E-state index in [0.717, 1.165) is 13.1 Å². The van der Waals surface area contributed by atoms with E-state index in [2.05, 4.69) is 55.0 Å². The van der Waals surface area contributed by atoms with E-state index in [1.54, 1.807) is 0 Å². The zero-order valence-electron chi connectivity index (χ0n) is 10.6. The van der Waals surface area contributed by atoms with Gasteiger partial charge in [-0.05, 0) is 35.4 Å². The van der Waals surface area contributed by atoms with Crippen LogP contribution in [0.25, 0.3) is 0 Å². The van der Waals surface area contributed by atoms with Gasteiger partial charge in [0.15, 0.2) is 0 Å². The number of hydrogen-bond acceptors (Lipinski definition) is 3. The van der Waals surface area contributed by atoms with Crippen molar-refractivity contribution in [3.63, 3.8) is 0 Å². The van der Waals surface area contributed by atoms with Gasteiger partial charge in [-0.2, -0.15) is 0 Å². The maximum atomic E-state index is 3.57. The van der Waals surface area contributed by atoms with Gasteiger partial charge in [0.25, 0.3) is 0 Å². The van der Waals surface area contributed by atoms with Crippen molar-refractivity contribution in [3.8, 4) is 0 Å². The molecule has 0 saturated carbocycles. The summed E-state index contributed by atoms with van der Waals surface area (Å²) < 4.78 is 0. The molecule has 0 aliphatic heterocycles. The Morgan fingerprint density at radius 1 is 1.18 bits per heavy atom. The van der Waals surface area contributed by atoms with Crippen molar-refractivity contribution in [2.75, 3.05) is 6.54 Å². The van der Waals surface area contributed by atoms with Gasteiger partial charge in [0.05, 0.1) is 0 Å². The molecule has 0 radical (unpaired) electrons. The largest absolute Gasteiger partial charge is 0.311 e. The summed E-state index contributed by atoms with van der Waals surface area (Å²) in [5.41, 5.74) is 1.62. The van der Waals surface area contributed by atoms with Crippen molar-refractivity contribution in [1.29, 1.82) is 0 Å². The number of thiophene rings is 2. The molecule has 0 aliphatic rings. The highest BCUT2D eigenvalue weighted by molar-refractivity contribution is 7.10. The first-order valence-corrected chi connectivity index (χ1v) is 7.63. The van der Waals surface area contributed by atoms with Gasteiger partial charge in [-0.1, -0.05) is 19.9 Å². The minimum atomic E-state index is 0.222. The topological polar surface area (TPSA) is 12.0 Å². The summed E-state index contributed by atoms with van der Waals surface area (Å²) in [4.78, 5) is 2.90. The van der Waals surface area contributed by atoms with E-state index >= 15 is 0 Å². The van der Waals surface area contributed by atoms with Crippen LogP contribution in [0.1, 0.15) is 29.2 Å². The second-order valence-electron chi connectivity index (χ2n) is 4.99. The van der Waals surface area contributed by atoms with E-state index in [0.29, 0.717) is 0 Å². The SMILES string of the molecule is Cc1ccsc1CNCC(C)(C)c1cccs1. The van der Waals surface area contributed by atoms with Crippen LogP contribution >= 0.6 is 22.7 Å². The number of aryl methyl sites for hydroxylation is 1. The summed E-state index contributed by atoms with van der Waals surface area (Å²) in [6, 6.07) is 6.54. The first kappa shape index (κ1) is 12.8. The van der Waals surface area contributed by atoms with Crippen LogP contribution in [0.4, 0.5) is 0 Å². The second kappa shape index (κ2) is 5.34. The summed E-state index contributed by atoms with van der Waals surface area (Å²) in [7, 11) is 0. The molecule has 0 unspecified atom stereocenters. The fraction of sp³-hybridized carbons (Fsp3) is 0.429. The van der Waals surface area contributed by atoms with Crippen LogP contribution in [0.2, 0.25) is 0 Å². The van der Waals surface area contributed by atoms with Crippen molar-refractivity contribution in [2.45, 2.75) is 32.7 Å². The summed E-state index contributed by atoms with van der Waals surface area (Å²) >= 11 is 3.68. The normalized spacial score (nSPS) is 11.9. The molecule has 92 valence electrons. The molecule has 0 saturated heterocycles. The molecule has 1 nitrogen and oxygen atoms in total. The van der Waals surface area contributed by atoms with Crippen LogP contribution in [-0.4, -0.2) is 6.54 Å². The quantitative estimate of drug-likeness (QED) is 0.855. The van der Waals surface area contributed by atoms with E-state index in [9.17, 15) is 0 Å². The van der Waals surface area contributed by atoms with E-state index in [1.807, 2.05) is 22.7 Å². The lowest BCUT2D eigenvalue weighted by Crippen LogP contribution is -2.31. The molecule has 0 fully saturated rings. The van der Waals surface area contributed by atoms with Crippen LogP contribution in [0.3, 0.4) is 0 Å². The smallest absolute Gasteiger partial charge is 0.0302 e. The monoisotopic (exact) mass is 265 g/mol. The van der Waals surface area contributed by atoms with Gasteiger partial charge in [0.1, 0.15) is 0 Å². The Morgan fingerprint density at radius 2 is 2.00 bits per heavy atom. The average Bonchev–Trinajstić information content (AvgIpc) is 2.90. The van der Waals surface area contributed by atoms with E-state index < -0.39 is 0 Å². The molecule has 0 spiro atoms. The lowest BCUT2D eigenvalue weighted by molar-refractivity contribution is 0.478. The lowest BCUT2D eigenvalue weighted by Gasteiger charge is -2.23. The molecule has 2 aromatic heterocycles. The van der Waals surface area contributed by atoms with Crippen LogP contribution in [-0.2, 0) is 12.0 Å². The minimum Gasteiger partial charge on any atom is -0.311 e. The molecule has 1 N–H and O–H groups in total. The van der Waals surface area contributed by atoms with Gasteiger partial charge >= 0.3 is 0 Å². The fourth-order valence-corrected chi connectivity index (χ4v) is 3.55. The Morgan fingerprint density at radius 3 is 2.59 bits per heavy atom. The predicted octanol–water partition coefficient (Wildman–Crippen LogP) is 4.19. The summed E-state index contributed by atoms with van der Waals surface area (Å²) in [5, 5.41) is 7.89. The zero-order valence-corrected chi connectivity index (χ0v) is 12.3. The molecular weight excluding hydrogens is 246 g/mol. The highest BCUT2D eigenvalue weighted by atomic mass is 32.1. The standard InChI is InChI=1S/C14H19NS2/c1-11-6-8-16-12(11)9-15-10-14(2,3)13-5-4-7-17-13/h4-8,15H,9-10H2,1-3H3. The van der Waals surface area contributed by atoms with E-state index in [-0.39, 0.29) is 5.41 Å². The molecule has 17 heavy (non-hydrogen) atoms. The first-order valence-electron chi connectivity index (χ1n) is 5.87. The number of hydrogen-bond donors (Lipinski definition) is 1. The molecule has 0 aromatic carbocycles. The van der Waals surface area contributed by atoms with Gasteiger partial charge in [-0.25, -0.2) is 0 Å². The highest BCUT2D eigenvalue weighted by Gasteiger charge is 2.21. The third-order valence-corrected chi connectivity index (χ3v) is 5.27. The van der Waals surface area contributed by atoms with Crippen molar-refractivity contribution in [2.24, 2.45) is 0 Å². The van der Waals surface area contributed by atoms with Crippen molar-refractivity contribution < 1.29 is 0 Å². The lowest BCUT2D eigenvalue weighted by atomic mass is 9.91. The van der Waals surface area contributed by atoms with Gasteiger partial charge in [0, 0.05) is 28.3 Å². The molecule has 0 bridgehead atoms. The fourth-order valence-electron chi connectivity index (χ4n) is 1.82. The Hall–Kier alpha value is -0.640. The van der Waals surface area contributed by atoms with Gasteiger partial charge < -0.3 is 5.32 Å². The van der Waals surface area contributed by atoms with E-state index in [4.69, 9.17) is 0 Å². The number of nitrogens with one attached hydrogen (secondary N) is 1. The highest BCUT2D eigenvalue weighted by Crippen LogP contribution is 2.26. The summed E-state index contributed by atoms with van der Waals surface area (Å²) in [6.07, 6.45) is 0. The molecule has 0 amide bonds. The Bertz CT molecular complexity index is 454. The van der Waals surface area contributed by atoms with Crippen molar-refractivity contribution in [1.82, 2.24) is 5.32 Å². The number of rotatable bonds is 5. The Balaban J connectivity index is 1.88. The molecular formula is C14H19NS2. The van der Waals surface area contributed by atoms with E-state index in [1.165, 1.54) is 15.3 Å². The maximum Gasteiger partial charge on any atom is 0.0302 e. The first-order chi connectivity index (χ1) is 8.09. The predicted molar refractivity (Wildman–Crippen MR) is 78.1 cm³/mol. The summed E-state index contributed by atoms with van der Waals surface area (Å²) in [6.45, 7) is 8.78. The molecule has 0 atom stereocenters. The molecule has 2 rings (SSSR count). The van der Waals surface area contributed by atoms with Gasteiger partial charge in [0.2, 0.25) is 0 Å². The molecule has 0 aliphatic carbocycles. The third-order valence-electron chi connectivity index (χ3n) is 3.01. The van der Waals surface area contributed by atoms with Gasteiger partial charge in [-0.15, -0.1) is 22.7 Å². The Kier molecular flexibility index (Phi) is 4.02. The maximum absolute atomic E-state index is 3.57. The average molecular weight is 265 g/mol. The Labute approximate surface area is 112 Å². The minimum absolute atomic E-state index is 0.222. The van der Waals surface area contributed by atoms with Crippen LogP contribution in [0, 0.1) is 6.92 Å². The van der Waals surface area contributed by atoms with Crippen LogP contribution in [0.15, 0.2) is 29.0 Å². The van der Waals surface area contributed by atoms with Crippen molar-refractivity contribution >= 4 is 22.7 Å². The van der Waals surface area contributed by atoms with Crippen LogP contribution < -0.4 is 5.32 Å². The van der Waals surface area contributed by atoms with Gasteiger partial charge in [-0.3, -0.25) is 0 Å².